The zero-order valence-electron chi connectivity index (χ0n) is 14.7. The molecule has 0 spiro atoms. The van der Waals surface area contributed by atoms with Gasteiger partial charge in [0.05, 0.1) is 0 Å². The Morgan fingerprint density at radius 2 is 1.84 bits per heavy atom. The minimum atomic E-state index is -0.0185. The van der Waals surface area contributed by atoms with Crippen LogP contribution in [-0.2, 0) is 4.79 Å². The molecule has 1 N–H and O–H groups in total. The predicted molar refractivity (Wildman–Crippen MR) is 97.0 cm³/mol. The second-order valence-electron chi connectivity index (χ2n) is 6.43. The van der Waals surface area contributed by atoms with Crippen molar-refractivity contribution >= 4 is 5.91 Å². The molecule has 0 saturated carbocycles. The predicted octanol–water partition coefficient (Wildman–Crippen LogP) is 2.62. The van der Waals surface area contributed by atoms with Crippen LogP contribution in [0.1, 0.15) is 23.5 Å². The zero-order chi connectivity index (χ0) is 17.6. The van der Waals surface area contributed by atoms with E-state index in [1.807, 2.05) is 55.4 Å². The molecule has 0 bridgehead atoms. The number of hydrogen-bond donors (Lipinski definition) is 1. The molecule has 3 rings (SSSR count). The van der Waals surface area contributed by atoms with E-state index in [-0.39, 0.29) is 18.6 Å². The maximum Gasteiger partial charge on any atom is 0.231 e. The number of rotatable bonds is 7. The highest BCUT2D eigenvalue weighted by Crippen LogP contribution is 2.37. The Kier molecular flexibility index (Phi) is 5.56. The summed E-state index contributed by atoms with van der Waals surface area (Å²) in [7, 11) is 3.98. The van der Waals surface area contributed by atoms with Gasteiger partial charge in [0.2, 0.25) is 12.7 Å². The Morgan fingerprint density at radius 1 is 1.08 bits per heavy atom. The summed E-state index contributed by atoms with van der Waals surface area (Å²) in [6, 6.07) is 16.0. The van der Waals surface area contributed by atoms with Crippen LogP contribution in [0.5, 0.6) is 11.5 Å². The van der Waals surface area contributed by atoms with Gasteiger partial charge in [-0.3, -0.25) is 4.79 Å². The number of carbonyl (C=O) groups excluding carboxylic acids is 1. The van der Waals surface area contributed by atoms with Gasteiger partial charge in [-0.05, 0) is 37.4 Å². The molecule has 0 aromatic heterocycles. The lowest BCUT2D eigenvalue weighted by Gasteiger charge is -2.19. The van der Waals surface area contributed by atoms with Gasteiger partial charge in [0.25, 0.3) is 0 Å². The Bertz CT molecular complexity index is 716. The number of amides is 1. The maximum atomic E-state index is 12.4. The number of benzene rings is 2. The quantitative estimate of drug-likeness (QED) is 0.842. The molecule has 0 unspecified atom stereocenters. The SMILES string of the molecule is CN(C)CCNC(=O)C[C@H](c1ccccc1)c1ccc2c(c1)OCO2. The van der Waals surface area contributed by atoms with Gasteiger partial charge in [-0.25, -0.2) is 0 Å². The molecule has 2 aromatic rings. The van der Waals surface area contributed by atoms with E-state index in [4.69, 9.17) is 9.47 Å². The second-order valence-corrected chi connectivity index (χ2v) is 6.43. The molecule has 0 saturated heterocycles. The molecule has 2 aromatic carbocycles. The number of ether oxygens (including phenoxy) is 2. The Labute approximate surface area is 148 Å². The van der Waals surface area contributed by atoms with Crippen LogP contribution >= 0.6 is 0 Å². The topological polar surface area (TPSA) is 50.8 Å². The fraction of sp³-hybridized carbons (Fsp3) is 0.350. The fourth-order valence-corrected chi connectivity index (χ4v) is 2.92. The van der Waals surface area contributed by atoms with Gasteiger partial charge in [0, 0.05) is 25.4 Å². The molecule has 0 radical (unpaired) electrons. The van der Waals surface area contributed by atoms with Crippen molar-refractivity contribution in [3.63, 3.8) is 0 Å². The standard InChI is InChI=1S/C20H24N2O3/c1-22(2)11-10-21-20(23)13-17(15-6-4-3-5-7-15)16-8-9-18-19(12-16)25-14-24-18/h3-9,12,17H,10-11,13-14H2,1-2H3,(H,21,23)/t17-/m1/s1. The van der Waals surface area contributed by atoms with Crippen LogP contribution in [0.4, 0.5) is 0 Å². The monoisotopic (exact) mass is 340 g/mol. The molecule has 1 amide bonds. The van der Waals surface area contributed by atoms with Gasteiger partial charge < -0.3 is 19.7 Å². The average Bonchev–Trinajstić information content (AvgIpc) is 3.08. The van der Waals surface area contributed by atoms with Crippen molar-refractivity contribution < 1.29 is 14.3 Å². The van der Waals surface area contributed by atoms with Crippen molar-refractivity contribution in [3.8, 4) is 11.5 Å². The summed E-state index contributed by atoms with van der Waals surface area (Å²) in [5.41, 5.74) is 2.17. The molecule has 1 heterocycles. The number of carbonyl (C=O) groups is 1. The maximum absolute atomic E-state index is 12.4. The highest BCUT2D eigenvalue weighted by Gasteiger charge is 2.21. The third-order valence-electron chi connectivity index (χ3n) is 4.27. The molecule has 25 heavy (non-hydrogen) atoms. The zero-order valence-corrected chi connectivity index (χ0v) is 14.7. The van der Waals surface area contributed by atoms with Crippen molar-refractivity contribution in [3.05, 3.63) is 59.7 Å². The highest BCUT2D eigenvalue weighted by molar-refractivity contribution is 5.77. The molecule has 132 valence electrons. The summed E-state index contributed by atoms with van der Waals surface area (Å²) < 4.78 is 10.9. The van der Waals surface area contributed by atoms with Gasteiger partial charge in [-0.15, -0.1) is 0 Å². The molecule has 0 aliphatic carbocycles. The van der Waals surface area contributed by atoms with Crippen LogP contribution in [-0.4, -0.2) is 44.8 Å². The summed E-state index contributed by atoms with van der Waals surface area (Å²) in [4.78, 5) is 14.5. The lowest BCUT2D eigenvalue weighted by atomic mass is 9.88. The van der Waals surface area contributed by atoms with Crippen molar-refractivity contribution in [1.29, 1.82) is 0 Å². The molecular formula is C20H24N2O3. The molecular weight excluding hydrogens is 316 g/mol. The summed E-state index contributed by atoms with van der Waals surface area (Å²) in [5.74, 6) is 1.53. The molecule has 1 aliphatic heterocycles. The van der Waals surface area contributed by atoms with E-state index in [1.165, 1.54) is 0 Å². The Hall–Kier alpha value is -2.53. The van der Waals surface area contributed by atoms with E-state index in [9.17, 15) is 4.79 Å². The van der Waals surface area contributed by atoms with Crippen molar-refractivity contribution in [2.24, 2.45) is 0 Å². The van der Waals surface area contributed by atoms with Gasteiger partial charge in [-0.1, -0.05) is 36.4 Å². The van der Waals surface area contributed by atoms with E-state index in [1.54, 1.807) is 0 Å². The molecule has 5 nitrogen and oxygen atoms in total. The van der Waals surface area contributed by atoms with Crippen LogP contribution in [0.25, 0.3) is 0 Å². The van der Waals surface area contributed by atoms with Gasteiger partial charge in [-0.2, -0.15) is 0 Å². The smallest absolute Gasteiger partial charge is 0.231 e. The van der Waals surface area contributed by atoms with Gasteiger partial charge in [0.15, 0.2) is 11.5 Å². The van der Waals surface area contributed by atoms with Crippen molar-refractivity contribution in [1.82, 2.24) is 10.2 Å². The molecule has 5 heteroatoms. The van der Waals surface area contributed by atoms with E-state index in [2.05, 4.69) is 17.4 Å². The van der Waals surface area contributed by atoms with Crippen LogP contribution < -0.4 is 14.8 Å². The first-order valence-corrected chi connectivity index (χ1v) is 8.49. The Balaban J connectivity index is 1.78. The fourth-order valence-electron chi connectivity index (χ4n) is 2.92. The second kappa shape index (κ2) is 8.03. The van der Waals surface area contributed by atoms with E-state index in [0.717, 1.165) is 29.2 Å². The summed E-state index contributed by atoms with van der Waals surface area (Å²) in [5, 5.41) is 3.00. The number of nitrogens with one attached hydrogen (secondary N) is 1. The summed E-state index contributed by atoms with van der Waals surface area (Å²) in [6.45, 7) is 1.72. The van der Waals surface area contributed by atoms with Gasteiger partial charge in [0.1, 0.15) is 0 Å². The van der Waals surface area contributed by atoms with Crippen molar-refractivity contribution in [2.45, 2.75) is 12.3 Å². The summed E-state index contributed by atoms with van der Waals surface area (Å²) in [6.07, 6.45) is 0.400. The first-order chi connectivity index (χ1) is 12.1. The first kappa shape index (κ1) is 17.3. The van der Waals surface area contributed by atoms with Crippen LogP contribution in [0.15, 0.2) is 48.5 Å². The minimum Gasteiger partial charge on any atom is -0.454 e. The number of fused-ring (bicyclic) bond motifs is 1. The van der Waals surface area contributed by atoms with Crippen molar-refractivity contribution in [2.75, 3.05) is 34.0 Å². The summed E-state index contributed by atoms with van der Waals surface area (Å²) >= 11 is 0. The third-order valence-corrected chi connectivity index (χ3v) is 4.27. The highest BCUT2D eigenvalue weighted by atomic mass is 16.7. The van der Waals surface area contributed by atoms with E-state index >= 15 is 0 Å². The third kappa shape index (κ3) is 4.51. The average molecular weight is 340 g/mol. The van der Waals surface area contributed by atoms with E-state index < -0.39 is 0 Å². The lowest BCUT2D eigenvalue weighted by molar-refractivity contribution is -0.121. The van der Waals surface area contributed by atoms with E-state index in [0.29, 0.717) is 13.0 Å². The van der Waals surface area contributed by atoms with Crippen LogP contribution in [0.2, 0.25) is 0 Å². The number of nitrogens with zero attached hydrogens (tertiary/aromatic N) is 1. The molecule has 1 atom stereocenters. The normalized spacial score (nSPS) is 13.7. The minimum absolute atomic E-state index is 0.0185. The molecule has 0 fully saturated rings. The number of hydrogen-bond acceptors (Lipinski definition) is 4. The lowest BCUT2D eigenvalue weighted by Crippen LogP contribution is -2.32. The first-order valence-electron chi connectivity index (χ1n) is 8.49. The Morgan fingerprint density at radius 3 is 2.60 bits per heavy atom. The molecule has 1 aliphatic rings. The van der Waals surface area contributed by atoms with Crippen LogP contribution in [0, 0.1) is 0 Å². The van der Waals surface area contributed by atoms with Gasteiger partial charge >= 0.3 is 0 Å². The largest absolute Gasteiger partial charge is 0.454 e. The van der Waals surface area contributed by atoms with Crippen LogP contribution in [0.3, 0.4) is 0 Å². The number of likely N-dealkylation sites (N-methyl/N-ethyl adjacent to an activating group) is 1.